The molecule has 0 spiro atoms. The highest BCUT2D eigenvalue weighted by atomic mass is 35.5. The molecule has 1 saturated heterocycles. The molecule has 0 aromatic heterocycles. The fraction of sp³-hybridized carbons (Fsp3) is 0.533. The molecule has 9 heteroatoms. The first-order valence-electron chi connectivity index (χ1n) is 7.27. The van der Waals surface area contributed by atoms with E-state index in [2.05, 4.69) is 5.32 Å². The Morgan fingerprint density at radius 3 is 2.54 bits per heavy atom. The van der Waals surface area contributed by atoms with E-state index in [1.165, 1.54) is 18.2 Å². The van der Waals surface area contributed by atoms with E-state index in [4.69, 9.17) is 15.2 Å². The van der Waals surface area contributed by atoms with Gasteiger partial charge in [-0.25, -0.2) is 0 Å². The van der Waals surface area contributed by atoms with Crippen LogP contribution in [0, 0.1) is 0 Å². The standard InChI is InChI=1S/C15H19F3N2O3.ClH/c16-15(17,18)11-3-1-2-4-12(11)23-10-7-20-13(21)14(19)5-8-22-9-6-14;/h1-4H,5-10,19H2,(H,20,21);1H. The van der Waals surface area contributed by atoms with Gasteiger partial charge in [-0.2, -0.15) is 13.2 Å². The van der Waals surface area contributed by atoms with Crippen LogP contribution in [0.1, 0.15) is 18.4 Å². The van der Waals surface area contributed by atoms with E-state index in [0.29, 0.717) is 26.1 Å². The van der Waals surface area contributed by atoms with Crippen LogP contribution in [-0.2, 0) is 15.7 Å². The molecular weight excluding hydrogens is 349 g/mol. The molecule has 24 heavy (non-hydrogen) atoms. The van der Waals surface area contributed by atoms with Gasteiger partial charge in [0, 0.05) is 13.2 Å². The van der Waals surface area contributed by atoms with Crippen LogP contribution in [0.2, 0.25) is 0 Å². The largest absolute Gasteiger partial charge is 0.491 e. The minimum atomic E-state index is -4.48. The third kappa shape index (κ3) is 5.25. The second-order valence-electron chi connectivity index (χ2n) is 5.37. The molecule has 1 aromatic rings. The first-order chi connectivity index (χ1) is 10.8. The van der Waals surface area contributed by atoms with Crippen LogP contribution in [0.4, 0.5) is 13.2 Å². The van der Waals surface area contributed by atoms with Crippen molar-refractivity contribution in [1.29, 1.82) is 0 Å². The summed E-state index contributed by atoms with van der Waals surface area (Å²) in [7, 11) is 0. The van der Waals surface area contributed by atoms with Crippen LogP contribution in [0.3, 0.4) is 0 Å². The zero-order valence-corrected chi connectivity index (χ0v) is 13.7. The van der Waals surface area contributed by atoms with Gasteiger partial charge in [-0.1, -0.05) is 12.1 Å². The maximum Gasteiger partial charge on any atom is 0.419 e. The lowest BCUT2D eigenvalue weighted by Gasteiger charge is -2.31. The van der Waals surface area contributed by atoms with Gasteiger partial charge >= 0.3 is 6.18 Å². The first kappa shape index (κ1) is 20.5. The van der Waals surface area contributed by atoms with Crippen molar-refractivity contribution < 1.29 is 27.4 Å². The molecule has 0 unspecified atom stereocenters. The highest BCUT2D eigenvalue weighted by molar-refractivity contribution is 5.86. The lowest BCUT2D eigenvalue weighted by molar-refractivity contribution is -0.139. The van der Waals surface area contributed by atoms with Crippen LogP contribution in [0.5, 0.6) is 5.75 Å². The molecule has 1 amide bonds. The van der Waals surface area contributed by atoms with E-state index in [1.807, 2.05) is 0 Å². The minimum Gasteiger partial charge on any atom is -0.491 e. The number of ether oxygens (including phenoxy) is 2. The number of amides is 1. The van der Waals surface area contributed by atoms with Gasteiger partial charge in [0.1, 0.15) is 12.4 Å². The van der Waals surface area contributed by atoms with Gasteiger partial charge in [-0.05, 0) is 25.0 Å². The van der Waals surface area contributed by atoms with Crippen LogP contribution in [0.15, 0.2) is 24.3 Å². The minimum absolute atomic E-state index is 0. The van der Waals surface area contributed by atoms with E-state index in [-0.39, 0.29) is 37.2 Å². The van der Waals surface area contributed by atoms with Crippen molar-refractivity contribution in [2.45, 2.75) is 24.6 Å². The average molecular weight is 369 g/mol. The number of nitrogens with two attached hydrogens (primary N) is 1. The normalized spacial score (nSPS) is 16.8. The zero-order valence-electron chi connectivity index (χ0n) is 12.9. The summed E-state index contributed by atoms with van der Waals surface area (Å²) in [6.45, 7) is 0.828. The Bertz CT molecular complexity index is 549. The van der Waals surface area contributed by atoms with Crippen molar-refractivity contribution in [1.82, 2.24) is 5.32 Å². The molecule has 1 aliphatic rings. The molecule has 0 radical (unpaired) electrons. The number of benzene rings is 1. The Balaban J connectivity index is 0.00000288. The molecule has 1 aliphatic heterocycles. The Morgan fingerprint density at radius 2 is 1.92 bits per heavy atom. The highest BCUT2D eigenvalue weighted by Gasteiger charge is 2.36. The zero-order chi connectivity index (χ0) is 16.9. The lowest BCUT2D eigenvalue weighted by Crippen LogP contribution is -2.57. The highest BCUT2D eigenvalue weighted by Crippen LogP contribution is 2.35. The Kier molecular flexibility index (Phi) is 7.31. The number of para-hydroxylation sites is 1. The van der Waals surface area contributed by atoms with Crippen molar-refractivity contribution >= 4 is 18.3 Å². The van der Waals surface area contributed by atoms with Crippen LogP contribution >= 0.6 is 12.4 Å². The van der Waals surface area contributed by atoms with E-state index in [0.717, 1.165) is 6.07 Å². The fourth-order valence-electron chi connectivity index (χ4n) is 2.29. The molecule has 0 aliphatic carbocycles. The number of hydrogen-bond donors (Lipinski definition) is 2. The molecule has 1 heterocycles. The van der Waals surface area contributed by atoms with Gasteiger partial charge < -0.3 is 20.5 Å². The van der Waals surface area contributed by atoms with E-state index in [9.17, 15) is 18.0 Å². The van der Waals surface area contributed by atoms with Crippen LogP contribution in [0.25, 0.3) is 0 Å². The Morgan fingerprint density at radius 1 is 1.29 bits per heavy atom. The number of carbonyl (C=O) groups is 1. The van der Waals surface area contributed by atoms with Crippen molar-refractivity contribution in [2.24, 2.45) is 5.73 Å². The van der Waals surface area contributed by atoms with Gasteiger partial charge in [0.2, 0.25) is 5.91 Å². The summed E-state index contributed by atoms with van der Waals surface area (Å²) in [5, 5.41) is 2.60. The summed E-state index contributed by atoms with van der Waals surface area (Å²) in [6.07, 6.45) is -3.66. The SMILES string of the molecule is Cl.NC1(C(=O)NCCOc2ccccc2C(F)(F)F)CCOCC1. The average Bonchev–Trinajstić information content (AvgIpc) is 2.51. The third-order valence-corrected chi connectivity index (χ3v) is 3.67. The van der Waals surface area contributed by atoms with Crippen molar-refractivity contribution in [3.8, 4) is 5.75 Å². The summed E-state index contributed by atoms with van der Waals surface area (Å²) < 4.78 is 48.7. The van der Waals surface area contributed by atoms with E-state index >= 15 is 0 Å². The van der Waals surface area contributed by atoms with Gasteiger partial charge in [0.05, 0.1) is 17.6 Å². The molecule has 3 N–H and O–H groups in total. The molecule has 0 saturated carbocycles. The second-order valence-corrected chi connectivity index (χ2v) is 5.37. The number of halogens is 4. The van der Waals surface area contributed by atoms with Gasteiger partial charge in [0.25, 0.3) is 0 Å². The molecule has 1 aromatic carbocycles. The van der Waals surface area contributed by atoms with E-state index < -0.39 is 17.3 Å². The number of nitrogens with one attached hydrogen (secondary N) is 1. The van der Waals surface area contributed by atoms with Gasteiger partial charge in [-0.15, -0.1) is 12.4 Å². The van der Waals surface area contributed by atoms with Crippen molar-refractivity contribution in [3.63, 3.8) is 0 Å². The van der Waals surface area contributed by atoms with Gasteiger partial charge in [0.15, 0.2) is 0 Å². The number of hydrogen-bond acceptors (Lipinski definition) is 4. The third-order valence-electron chi connectivity index (χ3n) is 3.67. The quantitative estimate of drug-likeness (QED) is 0.781. The molecule has 5 nitrogen and oxygen atoms in total. The van der Waals surface area contributed by atoms with Crippen LogP contribution < -0.4 is 15.8 Å². The summed E-state index contributed by atoms with van der Waals surface area (Å²) in [4.78, 5) is 12.0. The molecule has 0 bridgehead atoms. The van der Waals surface area contributed by atoms with Crippen molar-refractivity contribution in [3.05, 3.63) is 29.8 Å². The maximum atomic E-state index is 12.8. The molecule has 2 rings (SSSR count). The smallest absolute Gasteiger partial charge is 0.419 e. The molecule has 0 atom stereocenters. The van der Waals surface area contributed by atoms with Crippen molar-refractivity contribution in [2.75, 3.05) is 26.4 Å². The summed E-state index contributed by atoms with van der Waals surface area (Å²) in [6, 6.07) is 4.94. The lowest BCUT2D eigenvalue weighted by atomic mass is 9.90. The topological polar surface area (TPSA) is 73.6 Å². The second kappa shape index (κ2) is 8.55. The summed E-state index contributed by atoms with van der Waals surface area (Å²) >= 11 is 0. The Hall–Kier alpha value is -1.51. The predicted octanol–water partition coefficient (Wildman–Crippen LogP) is 2.13. The number of alkyl halides is 3. The summed E-state index contributed by atoms with van der Waals surface area (Å²) in [5.74, 6) is -0.601. The molecule has 136 valence electrons. The predicted molar refractivity (Wildman–Crippen MR) is 84.2 cm³/mol. The van der Waals surface area contributed by atoms with Gasteiger partial charge in [-0.3, -0.25) is 4.79 Å². The Labute approximate surface area is 144 Å². The number of carbonyl (C=O) groups excluding carboxylic acids is 1. The number of rotatable bonds is 5. The summed E-state index contributed by atoms with van der Waals surface area (Å²) in [5.41, 5.74) is 4.17. The first-order valence-corrected chi connectivity index (χ1v) is 7.27. The van der Waals surface area contributed by atoms with Crippen LogP contribution in [-0.4, -0.2) is 37.8 Å². The fourth-order valence-corrected chi connectivity index (χ4v) is 2.29. The molecule has 1 fully saturated rings. The molecular formula is C15H20ClF3N2O3. The monoisotopic (exact) mass is 368 g/mol. The maximum absolute atomic E-state index is 12.8. The van der Waals surface area contributed by atoms with E-state index in [1.54, 1.807) is 0 Å².